The number of halogens is 1. The zero-order chi connectivity index (χ0) is 13.7. The lowest BCUT2D eigenvalue weighted by molar-refractivity contribution is 0.578. The highest BCUT2D eigenvalue weighted by Gasteiger charge is 2.15. The van der Waals surface area contributed by atoms with Crippen LogP contribution in [0, 0.1) is 0 Å². The molecule has 0 spiro atoms. The van der Waals surface area contributed by atoms with Crippen molar-refractivity contribution in [2.45, 2.75) is 37.0 Å². The van der Waals surface area contributed by atoms with Crippen molar-refractivity contribution in [1.82, 2.24) is 14.7 Å². The summed E-state index contributed by atoms with van der Waals surface area (Å²) in [6.07, 6.45) is 9.99. The first-order valence-electron chi connectivity index (χ1n) is 6.23. The molecule has 0 aliphatic heterocycles. The van der Waals surface area contributed by atoms with Gasteiger partial charge in [0.2, 0.25) is 15.3 Å². The minimum absolute atomic E-state index is 0.0336. The summed E-state index contributed by atoms with van der Waals surface area (Å²) >= 11 is 5.52. The van der Waals surface area contributed by atoms with Crippen molar-refractivity contribution in [3.05, 3.63) is 29.3 Å². The predicted octanol–water partition coefficient (Wildman–Crippen LogP) is 2.30. The van der Waals surface area contributed by atoms with Crippen molar-refractivity contribution >= 4 is 21.6 Å². The number of rotatable bonds is 5. The molecule has 1 aliphatic carbocycles. The molecule has 19 heavy (non-hydrogen) atoms. The van der Waals surface area contributed by atoms with E-state index in [4.69, 9.17) is 11.6 Å². The standard InChI is InChI=1S/C12H16ClN3O2S/c13-12-14-8-11(9-15-12)19(17,18)16-7-6-10-4-2-1-3-5-10/h4,8-9,16H,1-3,5-7H2. The number of allylic oxidation sites excluding steroid dienone is 1. The average Bonchev–Trinajstić information content (AvgIpc) is 2.40. The van der Waals surface area contributed by atoms with Gasteiger partial charge in [-0.3, -0.25) is 0 Å². The minimum atomic E-state index is -3.54. The summed E-state index contributed by atoms with van der Waals surface area (Å²) in [6, 6.07) is 0. The van der Waals surface area contributed by atoms with E-state index >= 15 is 0 Å². The maximum Gasteiger partial charge on any atom is 0.243 e. The van der Waals surface area contributed by atoms with E-state index in [9.17, 15) is 8.42 Å². The number of aromatic nitrogens is 2. The Morgan fingerprint density at radius 1 is 1.26 bits per heavy atom. The van der Waals surface area contributed by atoms with Crippen LogP contribution in [0.2, 0.25) is 5.28 Å². The van der Waals surface area contributed by atoms with Gasteiger partial charge in [-0.05, 0) is 43.7 Å². The summed E-state index contributed by atoms with van der Waals surface area (Å²) in [5.74, 6) is 0. The van der Waals surface area contributed by atoms with E-state index in [2.05, 4.69) is 20.8 Å². The molecule has 0 fully saturated rings. The number of hydrogen-bond acceptors (Lipinski definition) is 4. The Bertz CT molecular complexity index is 555. The third kappa shape index (κ3) is 4.26. The van der Waals surface area contributed by atoms with Gasteiger partial charge in [0, 0.05) is 6.54 Å². The molecule has 0 radical (unpaired) electrons. The Morgan fingerprint density at radius 2 is 2.00 bits per heavy atom. The molecule has 1 N–H and O–H groups in total. The lowest BCUT2D eigenvalue weighted by Gasteiger charge is -2.13. The van der Waals surface area contributed by atoms with E-state index < -0.39 is 10.0 Å². The molecule has 1 aromatic rings. The number of nitrogens with one attached hydrogen (secondary N) is 1. The average molecular weight is 302 g/mol. The van der Waals surface area contributed by atoms with Gasteiger partial charge >= 0.3 is 0 Å². The molecule has 1 aromatic heterocycles. The van der Waals surface area contributed by atoms with E-state index in [1.54, 1.807) is 0 Å². The molecule has 1 heterocycles. The molecule has 104 valence electrons. The van der Waals surface area contributed by atoms with Gasteiger partial charge in [0.05, 0.1) is 12.4 Å². The third-order valence-electron chi connectivity index (χ3n) is 3.03. The van der Waals surface area contributed by atoms with Gasteiger partial charge in [-0.1, -0.05) is 11.6 Å². The van der Waals surface area contributed by atoms with Crippen LogP contribution in [0.5, 0.6) is 0 Å². The summed E-state index contributed by atoms with van der Waals surface area (Å²) in [4.78, 5) is 7.37. The second-order valence-corrected chi connectivity index (χ2v) is 6.55. The van der Waals surface area contributed by atoms with Crippen molar-refractivity contribution in [1.29, 1.82) is 0 Å². The van der Waals surface area contributed by atoms with Gasteiger partial charge in [0.25, 0.3) is 0 Å². The van der Waals surface area contributed by atoms with E-state index in [0.717, 1.165) is 19.3 Å². The number of hydrogen-bond donors (Lipinski definition) is 1. The first-order chi connectivity index (χ1) is 9.08. The maximum atomic E-state index is 11.9. The Morgan fingerprint density at radius 3 is 2.63 bits per heavy atom. The molecular weight excluding hydrogens is 286 g/mol. The molecule has 0 saturated heterocycles. The van der Waals surface area contributed by atoms with Crippen molar-refractivity contribution < 1.29 is 8.42 Å². The van der Waals surface area contributed by atoms with Crippen molar-refractivity contribution in [2.75, 3.05) is 6.54 Å². The van der Waals surface area contributed by atoms with Crippen molar-refractivity contribution in [2.24, 2.45) is 0 Å². The summed E-state index contributed by atoms with van der Waals surface area (Å²) in [5.41, 5.74) is 1.33. The SMILES string of the molecule is O=S(=O)(NCCC1=CCCCC1)c1cnc(Cl)nc1. The fraction of sp³-hybridized carbons (Fsp3) is 0.500. The smallest absolute Gasteiger partial charge is 0.225 e. The van der Waals surface area contributed by atoms with Gasteiger partial charge in [-0.25, -0.2) is 23.1 Å². The monoisotopic (exact) mass is 301 g/mol. The lowest BCUT2D eigenvalue weighted by Crippen LogP contribution is -2.25. The predicted molar refractivity (Wildman–Crippen MR) is 73.4 cm³/mol. The fourth-order valence-electron chi connectivity index (χ4n) is 2.00. The molecule has 0 aromatic carbocycles. The van der Waals surface area contributed by atoms with Gasteiger partial charge < -0.3 is 0 Å². The molecule has 0 amide bonds. The normalized spacial score (nSPS) is 16.2. The lowest BCUT2D eigenvalue weighted by atomic mass is 9.97. The zero-order valence-electron chi connectivity index (χ0n) is 10.5. The zero-order valence-corrected chi connectivity index (χ0v) is 12.0. The van der Waals surface area contributed by atoms with Crippen LogP contribution < -0.4 is 4.72 Å². The Labute approximate surface area is 118 Å². The molecule has 1 aliphatic rings. The summed E-state index contributed by atoms with van der Waals surface area (Å²) < 4.78 is 26.4. The van der Waals surface area contributed by atoms with E-state index in [1.807, 2.05) is 0 Å². The van der Waals surface area contributed by atoms with Crippen LogP contribution in [0.1, 0.15) is 32.1 Å². The highest BCUT2D eigenvalue weighted by molar-refractivity contribution is 7.89. The molecule has 5 nitrogen and oxygen atoms in total. The van der Waals surface area contributed by atoms with Crippen molar-refractivity contribution in [3.8, 4) is 0 Å². The Hall–Kier alpha value is -0.980. The van der Waals surface area contributed by atoms with E-state index in [0.29, 0.717) is 6.54 Å². The third-order valence-corrected chi connectivity index (χ3v) is 4.64. The van der Waals surface area contributed by atoms with Gasteiger partial charge in [0.1, 0.15) is 4.90 Å². The van der Waals surface area contributed by atoms with Crippen LogP contribution in [-0.4, -0.2) is 24.9 Å². The van der Waals surface area contributed by atoms with Crippen molar-refractivity contribution in [3.63, 3.8) is 0 Å². The summed E-state index contributed by atoms with van der Waals surface area (Å²) in [6.45, 7) is 0.400. The van der Waals surface area contributed by atoms with Crippen LogP contribution >= 0.6 is 11.6 Å². The molecule has 7 heteroatoms. The topological polar surface area (TPSA) is 72.0 Å². The molecule has 0 bridgehead atoms. The second kappa shape index (κ2) is 6.45. The maximum absolute atomic E-state index is 11.9. The molecule has 0 saturated carbocycles. The molecule has 2 rings (SSSR count). The highest BCUT2D eigenvalue weighted by atomic mass is 35.5. The van der Waals surface area contributed by atoms with Gasteiger partial charge in [0.15, 0.2) is 0 Å². The molecule has 0 atom stereocenters. The van der Waals surface area contributed by atoms with Crippen LogP contribution in [0.15, 0.2) is 28.9 Å². The summed E-state index contributed by atoms with van der Waals surface area (Å²) in [5, 5.41) is 0.0336. The van der Waals surface area contributed by atoms with Gasteiger partial charge in [-0.15, -0.1) is 0 Å². The van der Waals surface area contributed by atoms with Crippen LogP contribution in [0.3, 0.4) is 0 Å². The quantitative estimate of drug-likeness (QED) is 0.669. The molecule has 0 unspecified atom stereocenters. The fourth-order valence-corrected chi connectivity index (χ4v) is 3.02. The first kappa shape index (κ1) is 14.4. The summed E-state index contributed by atoms with van der Waals surface area (Å²) in [7, 11) is -3.54. The number of sulfonamides is 1. The first-order valence-corrected chi connectivity index (χ1v) is 8.09. The minimum Gasteiger partial charge on any atom is -0.225 e. The van der Waals surface area contributed by atoms with Crippen LogP contribution in [0.4, 0.5) is 0 Å². The molecular formula is C12H16ClN3O2S. The van der Waals surface area contributed by atoms with Crippen LogP contribution in [-0.2, 0) is 10.0 Å². The van der Waals surface area contributed by atoms with Gasteiger partial charge in [-0.2, -0.15) is 0 Å². The largest absolute Gasteiger partial charge is 0.243 e. The Balaban J connectivity index is 1.90. The van der Waals surface area contributed by atoms with E-state index in [-0.39, 0.29) is 10.2 Å². The highest BCUT2D eigenvalue weighted by Crippen LogP contribution is 2.19. The Kier molecular flexibility index (Phi) is 4.90. The van der Waals surface area contributed by atoms with Crippen LogP contribution in [0.25, 0.3) is 0 Å². The second-order valence-electron chi connectivity index (χ2n) is 4.44. The number of nitrogens with zero attached hydrogens (tertiary/aromatic N) is 2. The van der Waals surface area contributed by atoms with E-state index in [1.165, 1.54) is 30.8 Å².